The lowest BCUT2D eigenvalue weighted by Crippen LogP contribution is -2.26. The molecule has 1 aliphatic heterocycles. The molecular formula is C19H17N3O3S. The number of carbonyl (C=O) groups excluding carboxylic acids is 2. The van der Waals surface area contributed by atoms with Gasteiger partial charge in [-0.05, 0) is 29.8 Å². The number of amides is 1. The monoisotopic (exact) mass is 367 g/mol. The van der Waals surface area contributed by atoms with Gasteiger partial charge in [-0.1, -0.05) is 42.1 Å². The molecule has 0 aromatic heterocycles. The first-order valence-corrected chi connectivity index (χ1v) is 8.84. The van der Waals surface area contributed by atoms with Crippen LogP contribution in [0.2, 0.25) is 0 Å². The third-order valence-corrected chi connectivity index (χ3v) is 4.79. The second kappa shape index (κ2) is 8.44. The zero-order chi connectivity index (χ0) is 18.4. The van der Waals surface area contributed by atoms with Crippen LogP contribution in [0, 0.1) is 0 Å². The number of ether oxygens (including phenoxy) is 1. The number of thioether (sulfide) groups is 1. The summed E-state index contributed by atoms with van der Waals surface area (Å²) >= 11 is 1.22. The minimum atomic E-state index is -0.488. The Morgan fingerprint density at radius 2 is 1.92 bits per heavy atom. The van der Waals surface area contributed by atoms with Crippen LogP contribution in [0.5, 0.6) is 5.75 Å². The number of benzene rings is 2. The van der Waals surface area contributed by atoms with Crippen molar-refractivity contribution in [2.45, 2.75) is 11.7 Å². The number of nitrogens with zero attached hydrogens (tertiary/aromatic N) is 2. The molecule has 132 valence electrons. The average Bonchev–Trinajstić information content (AvgIpc) is 3.02. The standard InChI is InChI=1S/C19H17N3O3S/c1-25-15-9-7-13(8-10-15)12-20-22-19-21-18(24)17(26-19)11-16(23)14-5-3-2-4-6-14/h2-10,12,17H,11H2,1H3,(H,21,22,24). The van der Waals surface area contributed by atoms with E-state index in [0.717, 1.165) is 11.3 Å². The van der Waals surface area contributed by atoms with Crippen LogP contribution in [0.15, 0.2) is 64.8 Å². The maximum atomic E-state index is 12.2. The van der Waals surface area contributed by atoms with E-state index in [-0.39, 0.29) is 18.1 Å². The van der Waals surface area contributed by atoms with Gasteiger partial charge in [-0.2, -0.15) is 5.10 Å². The molecule has 2 aromatic rings. The Hall–Kier alpha value is -2.93. The first kappa shape index (κ1) is 17.9. The van der Waals surface area contributed by atoms with E-state index < -0.39 is 5.25 Å². The van der Waals surface area contributed by atoms with E-state index in [1.165, 1.54) is 11.8 Å². The highest BCUT2D eigenvalue weighted by Gasteiger charge is 2.32. The van der Waals surface area contributed by atoms with E-state index in [0.29, 0.717) is 10.7 Å². The van der Waals surface area contributed by atoms with Gasteiger partial charge in [0.05, 0.1) is 18.6 Å². The lowest BCUT2D eigenvalue weighted by atomic mass is 10.1. The van der Waals surface area contributed by atoms with Gasteiger partial charge in [0.2, 0.25) is 5.91 Å². The average molecular weight is 367 g/mol. The van der Waals surface area contributed by atoms with Gasteiger partial charge in [0.15, 0.2) is 11.0 Å². The molecular weight excluding hydrogens is 350 g/mol. The molecule has 26 heavy (non-hydrogen) atoms. The van der Waals surface area contributed by atoms with Crippen molar-refractivity contribution in [1.29, 1.82) is 0 Å². The molecule has 0 saturated carbocycles. The number of Topliss-reactive ketones (excluding diaryl/α,β-unsaturated/α-hetero) is 1. The van der Waals surface area contributed by atoms with Crippen molar-refractivity contribution in [1.82, 2.24) is 5.32 Å². The molecule has 1 unspecified atom stereocenters. The number of rotatable bonds is 6. The molecule has 1 fully saturated rings. The summed E-state index contributed by atoms with van der Waals surface area (Å²) in [5.74, 6) is 0.469. The van der Waals surface area contributed by atoms with E-state index in [1.54, 1.807) is 37.6 Å². The number of carbonyl (C=O) groups is 2. The van der Waals surface area contributed by atoms with Crippen molar-refractivity contribution in [3.05, 3.63) is 65.7 Å². The van der Waals surface area contributed by atoms with Crippen LogP contribution in [-0.2, 0) is 4.79 Å². The second-order valence-electron chi connectivity index (χ2n) is 5.51. The molecule has 2 aromatic carbocycles. The summed E-state index contributed by atoms with van der Waals surface area (Å²) in [7, 11) is 1.61. The largest absolute Gasteiger partial charge is 0.497 e. The van der Waals surface area contributed by atoms with E-state index in [9.17, 15) is 9.59 Å². The third-order valence-electron chi connectivity index (χ3n) is 3.71. The number of nitrogens with one attached hydrogen (secondary N) is 1. The Morgan fingerprint density at radius 1 is 1.19 bits per heavy atom. The Balaban J connectivity index is 1.59. The molecule has 0 aliphatic carbocycles. The van der Waals surface area contributed by atoms with Crippen molar-refractivity contribution in [2.24, 2.45) is 10.2 Å². The molecule has 0 radical (unpaired) electrons. The van der Waals surface area contributed by atoms with E-state index >= 15 is 0 Å². The summed E-state index contributed by atoms with van der Waals surface area (Å²) in [4.78, 5) is 24.3. The fraction of sp³-hybridized carbons (Fsp3) is 0.158. The molecule has 1 aliphatic rings. The van der Waals surface area contributed by atoms with Crippen molar-refractivity contribution < 1.29 is 14.3 Å². The molecule has 1 saturated heterocycles. The Kier molecular flexibility index (Phi) is 5.80. The minimum Gasteiger partial charge on any atom is -0.497 e. The first-order valence-electron chi connectivity index (χ1n) is 7.96. The summed E-state index contributed by atoms with van der Waals surface area (Å²) in [5, 5.41) is 10.6. The number of ketones is 1. The fourth-order valence-electron chi connectivity index (χ4n) is 2.33. The zero-order valence-corrected chi connectivity index (χ0v) is 14.9. The van der Waals surface area contributed by atoms with Gasteiger partial charge in [-0.15, -0.1) is 5.10 Å². The number of hydrogen-bond donors (Lipinski definition) is 1. The van der Waals surface area contributed by atoms with E-state index in [4.69, 9.17) is 4.74 Å². The molecule has 0 bridgehead atoms. The lowest BCUT2D eigenvalue weighted by molar-refractivity contribution is -0.118. The van der Waals surface area contributed by atoms with E-state index in [2.05, 4.69) is 15.5 Å². The Labute approximate surface area is 155 Å². The predicted octanol–water partition coefficient (Wildman–Crippen LogP) is 2.89. The van der Waals surface area contributed by atoms with Gasteiger partial charge in [-0.3, -0.25) is 9.59 Å². The van der Waals surface area contributed by atoms with Gasteiger partial charge in [-0.25, -0.2) is 0 Å². The zero-order valence-electron chi connectivity index (χ0n) is 14.1. The Bertz CT molecular complexity index is 848. The number of methoxy groups -OCH3 is 1. The number of amidine groups is 1. The summed E-state index contributed by atoms with van der Waals surface area (Å²) in [5.41, 5.74) is 1.46. The van der Waals surface area contributed by atoms with Crippen LogP contribution in [-0.4, -0.2) is 35.4 Å². The van der Waals surface area contributed by atoms with Gasteiger partial charge < -0.3 is 10.1 Å². The highest BCUT2D eigenvalue weighted by atomic mass is 32.2. The van der Waals surface area contributed by atoms with Crippen LogP contribution in [0.1, 0.15) is 22.3 Å². The van der Waals surface area contributed by atoms with Crippen LogP contribution in [0.4, 0.5) is 0 Å². The predicted molar refractivity (Wildman–Crippen MR) is 103 cm³/mol. The molecule has 1 heterocycles. The molecule has 3 rings (SSSR count). The quantitative estimate of drug-likeness (QED) is 0.484. The van der Waals surface area contributed by atoms with E-state index in [1.807, 2.05) is 30.3 Å². The Morgan fingerprint density at radius 3 is 2.62 bits per heavy atom. The summed E-state index contributed by atoms with van der Waals surface area (Å²) in [6.07, 6.45) is 1.71. The summed E-state index contributed by atoms with van der Waals surface area (Å²) < 4.78 is 5.09. The molecule has 1 amide bonds. The van der Waals surface area contributed by atoms with Gasteiger partial charge in [0.1, 0.15) is 5.75 Å². The summed E-state index contributed by atoms with van der Waals surface area (Å²) in [6, 6.07) is 16.3. The highest BCUT2D eigenvalue weighted by Crippen LogP contribution is 2.24. The first-order chi connectivity index (χ1) is 12.7. The van der Waals surface area contributed by atoms with Gasteiger partial charge in [0, 0.05) is 12.0 Å². The smallest absolute Gasteiger partial charge is 0.240 e. The molecule has 6 nitrogen and oxygen atoms in total. The number of hydrogen-bond acceptors (Lipinski definition) is 6. The van der Waals surface area contributed by atoms with Crippen LogP contribution >= 0.6 is 11.8 Å². The van der Waals surface area contributed by atoms with Crippen molar-refractivity contribution >= 4 is 34.8 Å². The maximum Gasteiger partial charge on any atom is 0.240 e. The molecule has 1 N–H and O–H groups in total. The fourth-order valence-corrected chi connectivity index (χ4v) is 3.26. The SMILES string of the molecule is COc1ccc(C=N/N=C2\NC(=O)C(CC(=O)c3ccccc3)S2)cc1. The maximum absolute atomic E-state index is 12.2. The topological polar surface area (TPSA) is 80.1 Å². The molecule has 0 spiro atoms. The highest BCUT2D eigenvalue weighted by molar-refractivity contribution is 8.15. The van der Waals surface area contributed by atoms with Crippen molar-refractivity contribution in [3.8, 4) is 5.75 Å². The minimum absolute atomic E-state index is 0.0683. The van der Waals surface area contributed by atoms with Crippen LogP contribution < -0.4 is 10.1 Å². The summed E-state index contributed by atoms with van der Waals surface area (Å²) in [6.45, 7) is 0. The van der Waals surface area contributed by atoms with Gasteiger partial charge in [0.25, 0.3) is 0 Å². The third kappa shape index (κ3) is 4.58. The lowest BCUT2D eigenvalue weighted by Gasteiger charge is -2.04. The second-order valence-corrected chi connectivity index (χ2v) is 6.70. The van der Waals surface area contributed by atoms with Gasteiger partial charge >= 0.3 is 0 Å². The van der Waals surface area contributed by atoms with Crippen LogP contribution in [0.25, 0.3) is 0 Å². The van der Waals surface area contributed by atoms with Crippen LogP contribution in [0.3, 0.4) is 0 Å². The molecule has 7 heteroatoms. The molecule has 1 atom stereocenters. The van der Waals surface area contributed by atoms with Crippen molar-refractivity contribution in [2.75, 3.05) is 7.11 Å². The van der Waals surface area contributed by atoms with Crippen molar-refractivity contribution in [3.63, 3.8) is 0 Å². The normalized spacial score (nSPS) is 18.3.